The van der Waals surface area contributed by atoms with Gasteiger partial charge in [0.1, 0.15) is 11.4 Å². The molecule has 100 valence electrons. The lowest BCUT2D eigenvalue weighted by atomic mass is 9.91. The summed E-state index contributed by atoms with van der Waals surface area (Å²) in [5.41, 5.74) is 6.34. The van der Waals surface area contributed by atoms with Crippen molar-refractivity contribution in [1.29, 1.82) is 0 Å². The zero-order valence-electron chi connectivity index (χ0n) is 10.6. The Kier molecular flexibility index (Phi) is 2.90. The van der Waals surface area contributed by atoms with Gasteiger partial charge in [-0.2, -0.15) is 0 Å². The van der Waals surface area contributed by atoms with E-state index < -0.39 is 0 Å². The molecule has 1 aromatic carbocycles. The molecule has 0 saturated heterocycles. The van der Waals surface area contributed by atoms with Crippen LogP contribution in [-0.4, -0.2) is 11.3 Å². The van der Waals surface area contributed by atoms with Crippen LogP contribution in [0.4, 0.5) is 4.39 Å². The van der Waals surface area contributed by atoms with Crippen molar-refractivity contribution in [3.8, 4) is 0 Å². The lowest BCUT2D eigenvalue weighted by Crippen LogP contribution is -2.38. The second-order valence-corrected chi connectivity index (χ2v) is 5.46. The highest BCUT2D eigenvalue weighted by Gasteiger charge is 2.32. The summed E-state index contributed by atoms with van der Waals surface area (Å²) >= 11 is 0. The molecule has 19 heavy (non-hydrogen) atoms. The van der Waals surface area contributed by atoms with Crippen molar-refractivity contribution in [3.05, 3.63) is 35.8 Å². The SMILES string of the molecule is NC1(CC(=O)c2cc3cc(F)ccc3o2)CCCC1. The van der Waals surface area contributed by atoms with Crippen LogP contribution in [0.2, 0.25) is 0 Å². The number of nitrogens with two attached hydrogens (primary N) is 1. The molecule has 4 heteroatoms. The van der Waals surface area contributed by atoms with E-state index in [4.69, 9.17) is 10.2 Å². The molecule has 1 aromatic heterocycles. The van der Waals surface area contributed by atoms with Crippen molar-refractivity contribution in [2.45, 2.75) is 37.6 Å². The fraction of sp³-hybridized carbons (Fsp3) is 0.400. The summed E-state index contributed by atoms with van der Waals surface area (Å²) in [5, 5.41) is 0.612. The van der Waals surface area contributed by atoms with Gasteiger partial charge >= 0.3 is 0 Å². The molecule has 1 aliphatic carbocycles. The summed E-state index contributed by atoms with van der Waals surface area (Å²) in [6.45, 7) is 0. The maximum absolute atomic E-state index is 13.1. The van der Waals surface area contributed by atoms with Gasteiger partial charge in [-0.25, -0.2) is 4.39 Å². The first kappa shape index (κ1) is 12.4. The van der Waals surface area contributed by atoms with Gasteiger partial charge in [-0.05, 0) is 37.1 Å². The molecule has 0 unspecified atom stereocenters. The van der Waals surface area contributed by atoms with Crippen LogP contribution in [0, 0.1) is 5.82 Å². The number of rotatable bonds is 3. The van der Waals surface area contributed by atoms with Crippen LogP contribution >= 0.6 is 0 Å². The molecule has 1 saturated carbocycles. The van der Waals surface area contributed by atoms with Crippen LogP contribution in [0.25, 0.3) is 11.0 Å². The molecule has 3 nitrogen and oxygen atoms in total. The third-order valence-corrected chi connectivity index (χ3v) is 3.87. The number of carbonyl (C=O) groups is 1. The van der Waals surface area contributed by atoms with E-state index in [2.05, 4.69) is 0 Å². The highest BCUT2D eigenvalue weighted by atomic mass is 19.1. The van der Waals surface area contributed by atoms with E-state index in [1.54, 1.807) is 6.07 Å². The van der Waals surface area contributed by atoms with Gasteiger partial charge in [0.05, 0.1) is 0 Å². The second kappa shape index (κ2) is 4.46. The molecular weight excluding hydrogens is 245 g/mol. The first-order valence-corrected chi connectivity index (χ1v) is 6.57. The van der Waals surface area contributed by atoms with Crippen LogP contribution < -0.4 is 5.73 Å². The Morgan fingerprint density at radius 3 is 2.79 bits per heavy atom. The average molecular weight is 261 g/mol. The van der Waals surface area contributed by atoms with Crippen molar-refractivity contribution in [3.63, 3.8) is 0 Å². The molecule has 0 bridgehead atoms. The number of hydrogen-bond acceptors (Lipinski definition) is 3. The van der Waals surface area contributed by atoms with Crippen LogP contribution in [0.5, 0.6) is 0 Å². The smallest absolute Gasteiger partial charge is 0.199 e. The monoisotopic (exact) mass is 261 g/mol. The van der Waals surface area contributed by atoms with Crippen LogP contribution in [0.1, 0.15) is 42.7 Å². The fourth-order valence-electron chi connectivity index (χ4n) is 2.81. The first-order chi connectivity index (χ1) is 9.06. The van der Waals surface area contributed by atoms with E-state index >= 15 is 0 Å². The Labute approximate surface area is 110 Å². The quantitative estimate of drug-likeness (QED) is 0.861. The number of furan rings is 1. The number of ketones is 1. The molecule has 0 radical (unpaired) electrons. The molecule has 0 aliphatic heterocycles. The Balaban J connectivity index is 1.85. The minimum Gasteiger partial charge on any atom is -0.453 e. The van der Waals surface area contributed by atoms with Gasteiger partial charge in [0.2, 0.25) is 0 Å². The Morgan fingerprint density at radius 1 is 1.32 bits per heavy atom. The van der Waals surface area contributed by atoms with E-state index in [0.717, 1.165) is 25.7 Å². The Hall–Kier alpha value is -1.68. The Bertz CT molecular complexity index is 626. The summed E-state index contributed by atoms with van der Waals surface area (Å²) < 4.78 is 18.6. The molecule has 1 fully saturated rings. The van der Waals surface area contributed by atoms with Gasteiger partial charge in [-0.1, -0.05) is 12.8 Å². The van der Waals surface area contributed by atoms with Crippen molar-refractivity contribution < 1.29 is 13.6 Å². The second-order valence-electron chi connectivity index (χ2n) is 5.46. The van der Waals surface area contributed by atoms with E-state index in [1.807, 2.05) is 0 Å². The van der Waals surface area contributed by atoms with E-state index in [0.29, 0.717) is 17.4 Å². The number of hydrogen-bond donors (Lipinski definition) is 1. The number of benzene rings is 1. The van der Waals surface area contributed by atoms with Gasteiger partial charge in [0.25, 0.3) is 0 Å². The third kappa shape index (κ3) is 2.40. The van der Waals surface area contributed by atoms with Crippen molar-refractivity contribution >= 4 is 16.8 Å². The molecule has 0 amide bonds. The molecule has 2 aromatic rings. The molecule has 1 aliphatic rings. The minimum atomic E-state index is -0.388. The molecule has 0 atom stereocenters. The van der Waals surface area contributed by atoms with Gasteiger partial charge in [-0.15, -0.1) is 0 Å². The van der Waals surface area contributed by atoms with E-state index in [9.17, 15) is 9.18 Å². The van der Waals surface area contributed by atoms with Crippen molar-refractivity contribution in [2.75, 3.05) is 0 Å². The summed E-state index contributed by atoms with van der Waals surface area (Å²) in [4.78, 5) is 12.2. The van der Waals surface area contributed by atoms with Crippen molar-refractivity contribution in [2.24, 2.45) is 5.73 Å². The van der Waals surface area contributed by atoms with Crippen LogP contribution in [0.15, 0.2) is 28.7 Å². The highest BCUT2D eigenvalue weighted by Crippen LogP contribution is 2.32. The lowest BCUT2D eigenvalue weighted by Gasteiger charge is -2.21. The third-order valence-electron chi connectivity index (χ3n) is 3.87. The molecule has 3 rings (SSSR count). The normalized spacial score (nSPS) is 18.0. The highest BCUT2D eigenvalue weighted by molar-refractivity contribution is 5.98. The summed E-state index contributed by atoms with van der Waals surface area (Å²) in [6.07, 6.45) is 4.22. The van der Waals surface area contributed by atoms with Gasteiger partial charge < -0.3 is 10.2 Å². The predicted octanol–water partition coefficient (Wildman–Crippen LogP) is 3.42. The number of Topliss-reactive ketones (excluding diaryl/α,β-unsaturated/α-hetero) is 1. The van der Waals surface area contributed by atoms with Gasteiger partial charge in [-0.3, -0.25) is 4.79 Å². The average Bonchev–Trinajstić information content (AvgIpc) is 2.95. The van der Waals surface area contributed by atoms with E-state index in [-0.39, 0.29) is 22.9 Å². The fourth-order valence-corrected chi connectivity index (χ4v) is 2.81. The molecule has 0 spiro atoms. The van der Waals surface area contributed by atoms with Crippen LogP contribution in [0.3, 0.4) is 0 Å². The lowest BCUT2D eigenvalue weighted by molar-refractivity contribution is 0.0927. The topological polar surface area (TPSA) is 56.2 Å². The molecular formula is C15H16FNO2. The maximum atomic E-state index is 13.1. The van der Waals surface area contributed by atoms with Crippen molar-refractivity contribution in [1.82, 2.24) is 0 Å². The number of fused-ring (bicyclic) bond motifs is 1. The zero-order chi connectivity index (χ0) is 13.5. The molecule has 2 N–H and O–H groups in total. The maximum Gasteiger partial charge on any atom is 0.199 e. The zero-order valence-corrected chi connectivity index (χ0v) is 10.6. The van der Waals surface area contributed by atoms with E-state index in [1.165, 1.54) is 18.2 Å². The Morgan fingerprint density at radius 2 is 2.05 bits per heavy atom. The largest absolute Gasteiger partial charge is 0.453 e. The first-order valence-electron chi connectivity index (χ1n) is 6.57. The number of halogens is 1. The minimum absolute atomic E-state index is 0.0963. The van der Waals surface area contributed by atoms with Crippen LogP contribution in [-0.2, 0) is 0 Å². The van der Waals surface area contributed by atoms with Gasteiger partial charge in [0.15, 0.2) is 11.5 Å². The van der Waals surface area contributed by atoms with Gasteiger partial charge in [0, 0.05) is 17.3 Å². The predicted molar refractivity (Wildman–Crippen MR) is 70.5 cm³/mol. The summed E-state index contributed by atoms with van der Waals surface area (Å²) in [5.74, 6) is -0.156. The summed E-state index contributed by atoms with van der Waals surface area (Å²) in [6, 6.07) is 5.82. The number of carbonyl (C=O) groups excluding carboxylic acids is 1. The molecule has 1 heterocycles. The summed E-state index contributed by atoms with van der Waals surface area (Å²) in [7, 11) is 0. The standard InChI is InChI=1S/C15H16FNO2/c16-11-3-4-13-10(7-11)8-14(19-13)12(18)9-15(17)5-1-2-6-15/h3-4,7-8H,1-2,5-6,9,17H2.